The molecule has 3 N–H and O–H groups in total. The number of amides is 1. The summed E-state index contributed by atoms with van der Waals surface area (Å²) in [6.07, 6.45) is 4.56. The summed E-state index contributed by atoms with van der Waals surface area (Å²) < 4.78 is 6.51. The molecule has 1 amide bonds. The van der Waals surface area contributed by atoms with Crippen LogP contribution in [0.4, 0.5) is 0 Å². The summed E-state index contributed by atoms with van der Waals surface area (Å²) in [5.74, 6) is 0.0908. The van der Waals surface area contributed by atoms with Crippen molar-refractivity contribution in [3.05, 3.63) is 33.8 Å². The zero-order chi connectivity index (χ0) is 20.3. The Labute approximate surface area is 174 Å². The van der Waals surface area contributed by atoms with Crippen LogP contribution in [0.2, 0.25) is 0 Å². The van der Waals surface area contributed by atoms with Crippen LogP contribution in [0, 0.1) is 5.41 Å². The molecule has 7 heteroatoms. The molecule has 0 bridgehead atoms. The van der Waals surface area contributed by atoms with Gasteiger partial charge in [-0.25, -0.2) is 4.99 Å². The van der Waals surface area contributed by atoms with Gasteiger partial charge in [0.1, 0.15) is 0 Å². The lowest BCUT2D eigenvalue weighted by Gasteiger charge is -2.45. The second kappa shape index (κ2) is 6.54. The largest absolute Gasteiger partial charge is 0.389 e. The third-order valence-electron chi connectivity index (χ3n) is 6.64. The molecular formula is C21H28BrN3O3. The number of β-amino-alcohol motifs (C(OH)–C–C–N with tert-alkyl or cyclic N) is 1. The quantitative estimate of drug-likeness (QED) is 0.742. The fourth-order valence-electron chi connectivity index (χ4n) is 5.38. The molecule has 28 heavy (non-hydrogen) atoms. The van der Waals surface area contributed by atoms with Crippen molar-refractivity contribution in [3.63, 3.8) is 0 Å². The van der Waals surface area contributed by atoms with E-state index < -0.39 is 11.1 Å². The number of aliphatic hydroxyl groups is 1. The Morgan fingerprint density at radius 3 is 2.68 bits per heavy atom. The van der Waals surface area contributed by atoms with Crippen LogP contribution in [0.3, 0.4) is 0 Å². The van der Waals surface area contributed by atoms with Crippen molar-refractivity contribution in [3.8, 4) is 0 Å². The van der Waals surface area contributed by atoms with Gasteiger partial charge in [0.25, 0.3) is 5.91 Å². The molecule has 1 aliphatic heterocycles. The van der Waals surface area contributed by atoms with Gasteiger partial charge in [-0.1, -0.05) is 22.0 Å². The van der Waals surface area contributed by atoms with Gasteiger partial charge in [0.2, 0.25) is 0 Å². The van der Waals surface area contributed by atoms with Gasteiger partial charge in [-0.3, -0.25) is 9.69 Å². The number of methoxy groups -OCH3 is 1. The summed E-state index contributed by atoms with van der Waals surface area (Å²) in [4.78, 5) is 20.2. The number of fused-ring (bicyclic) bond motifs is 3. The Bertz CT molecular complexity index is 840. The summed E-state index contributed by atoms with van der Waals surface area (Å²) in [5, 5.41) is 10.3. The van der Waals surface area contributed by atoms with E-state index in [0.717, 1.165) is 47.7 Å². The van der Waals surface area contributed by atoms with Gasteiger partial charge in [-0.15, -0.1) is 0 Å². The number of hydrogen-bond acceptors (Lipinski definition) is 5. The third kappa shape index (κ3) is 2.82. The SMILES string of the molecule is COC1CCC2(CC1)Cc1ccc(Br)cc1[C@@]21N=C(N)N(CC(C)(C)O)C1=O. The molecule has 2 aliphatic carbocycles. The summed E-state index contributed by atoms with van der Waals surface area (Å²) in [6.45, 7) is 3.48. The second-order valence-corrected chi connectivity index (χ2v) is 9.99. The monoisotopic (exact) mass is 449 g/mol. The lowest BCUT2D eigenvalue weighted by Crippen LogP contribution is -2.54. The standard InChI is InChI=1S/C21H28BrN3O3/c1-19(2,27)12-25-17(26)21(24-18(25)23)16-10-14(22)5-4-13(16)11-20(21)8-6-15(28-3)7-9-20/h4-5,10,15,27H,6-9,11-12H2,1-3H3,(H2,23,24)/t15?,20?,21-/m0/s1. The molecule has 4 rings (SSSR count). The zero-order valence-electron chi connectivity index (χ0n) is 16.7. The fraction of sp³-hybridized carbons (Fsp3) is 0.619. The Balaban J connectivity index is 1.84. The highest BCUT2D eigenvalue weighted by Gasteiger charge is 2.66. The molecule has 1 aromatic rings. The van der Waals surface area contributed by atoms with Gasteiger partial charge in [0, 0.05) is 17.0 Å². The highest BCUT2D eigenvalue weighted by Crippen LogP contribution is 2.62. The topological polar surface area (TPSA) is 88.2 Å². The summed E-state index contributed by atoms with van der Waals surface area (Å²) >= 11 is 3.56. The Morgan fingerprint density at radius 2 is 2.07 bits per heavy atom. The first kappa shape index (κ1) is 19.9. The molecule has 1 aromatic carbocycles. The number of carbonyl (C=O) groups excluding carboxylic acids is 1. The van der Waals surface area contributed by atoms with Crippen LogP contribution < -0.4 is 5.73 Å². The van der Waals surface area contributed by atoms with E-state index in [-0.39, 0.29) is 29.9 Å². The number of nitrogens with two attached hydrogens (primary N) is 1. The van der Waals surface area contributed by atoms with Crippen LogP contribution in [0.5, 0.6) is 0 Å². The van der Waals surface area contributed by atoms with Crippen molar-refractivity contribution in [2.45, 2.75) is 63.2 Å². The summed E-state index contributed by atoms with van der Waals surface area (Å²) in [7, 11) is 1.75. The number of nitrogens with zero attached hydrogens (tertiary/aromatic N) is 2. The van der Waals surface area contributed by atoms with Crippen LogP contribution in [0.1, 0.15) is 50.7 Å². The molecule has 0 unspecified atom stereocenters. The lowest BCUT2D eigenvalue weighted by atomic mass is 9.61. The van der Waals surface area contributed by atoms with Crippen molar-refractivity contribution in [2.24, 2.45) is 16.1 Å². The van der Waals surface area contributed by atoms with Gasteiger partial charge in [0.15, 0.2) is 11.5 Å². The number of rotatable bonds is 3. The molecule has 1 heterocycles. The first-order valence-corrected chi connectivity index (χ1v) is 10.6. The van der Waals surface area contributed by atoms with Crippen molar-refractivity contribution >= 4 is 27.8 Å². The number of carbonyl (C=O) groups is 1. The number of benzene rings is 1. The van der Waals surface area contributed by atoms with Gasteiger partial charge >= 0.3 is 0 Å². The second-order valence-electron chi connectivity index (χ2n) is 9.08. The number of halogens is 1. The maximum absolute atomic E-state index is 13.9. The molecule has 3 aliphatic rings. The fourth-order valence-corrected chi connectivity index (χ4v) is 5.74. The molecule has 0 radical (unpaired) electrons. The molecule has 1 atom stereocenters. The smallest absolute Gasteiger partial charge is 0.262 e. The van der Waals surface area contributed by atoms with Crippen molar-refractivity contribution in [2.75, 3.05) is 13.7 Å². The van der Waals surface area contributed by atoms with Crippen LogP contribution >= 0.6 is 15.9 Å². The van der Waals surface area contributed by atoms with Crippen molar-refractivity contribution in [1.82, 2.24) is 4.90 Å². The molecular weight excluding hydrogens is 422 g/mol. The molecule has 0 aromatic heterocycles. The average molecular weight is 450 g/mol. The van der Waals surface area contributed by atoms with Gasteiger partial charge < -0.3 is 15.6 Å². The molecule has 6 nitrogen and oxygen atoms in total. The Morgan fingerprint density at radius 1 is 1.39 bits per heavy atom. The summed E-state index contributed by atoms with van der Waals surface area (Å²) in [6, 6.07) is 6.14. The van der Waals surface area contributed by atoms with Gasteiger partial charge in [0.05, 0.1) is 18.2 Å². The number of aliphatic imine (C=N–C) groups is 1. The number of hydrogen-bond donors (Lipinski definition) is 2. The maximum atomic E-state index is 13.9. The van der Waals surface area contributed by atoms with Crippen LogP contribution in [0.25, 0.3) is 0 Å². The van der Waals surface area contributed by atoms with Gasteiger partial charge in [-0.2, -0.15) is 0 Å². The molecule has 2 spiro atoms. The van der Waals surface area contributed by atoms with E-state index in [4.69, 9.17) is 15.5 Å². The average Bonchev–Trinajstić information content (AvgIpc) is 3.03. The number of guanidine groups is 1. The first-order chi connectivity index (χ1) is 13.1. The van der Waals surface area contributed by atoms with Crippen molar-refractivity contribution < 1.29 is 14.6 Å². The summed E-state index contributed by atoms with van der Waals surface area (Å²) in [5.41, 5.74) is 6.01. The molecule has 1 saturated carbocycles. The molecule has 152 valence electrons. The van der Waals surface area contributed by atoms with E-state index in [9.17, 15) is 9.90 Å². The van der Waals surface area contributed by atoms with E-state index in [2.05, 4.69) is 22.0 Å². The first-order valence-electron chi connectivity index (χ1n) is 9.83. The van der Waals surface area contributed by atoms with E-state index in [1.807, 2.05) is 12.1 Å². The van der Waals surface area contributed by atoms with E-state index >= 15 is 0 Å². The minimum atomic E-state index is -1.05. The predicted molar refractivity (Wildman–Crippen MR) is 111 cm³/mol. The van der Waals surface area contributed by atoms with E-state index in [0.29, 0.717) is 0 Å². The third-order valence-corrected chi connectivity index (χ3v) is 7.13. The Hall–Kier alpha value is -1.44. The normalized spacial score (nSPS) is 32.3. The highest BCUT2D eigenvalue weighted by molar-refractivity contribution is 9.10. The lowest BCUT2D eigenvalue weighted by molar-refractivity contribution is -0.140. The minimum Gasteiger partial charge on any atom is -0.389 e. The number of ether oxygens (including phenoxy) is 1. The van der Waals surface area contributed by atoms with Crippen LogP contribution in [-0.2, 0) is 21.5 Å². The van der Waals surface area contributed by atoms with Crippen LogP contribution in [0.15, 0.2) is 27.7 Å². The zero-order valence-corrected chi connectivity index (χ0v) is 18.3. The van der Waals surface area contributed by atoms with Gasteiger partial charge in [-0.05, 0) is 69.2 Å². The van der Waals surface area contributed by atoms with Crippen LogP contribution in [-0.4, -0.2) is 47.2 Å². The minimum absolute atomic E-state index is 0.111. The van der Waals surface area contributed by atoms with E-state index in [1.54, 1.807) is 21.0 Å². The maximum Gasteiger partial charge on any atom is 0.262 e. The van der Waals surface area contributed by atoms with E-state index in [1.165, 1.54) is 4.90 Å². The molecule has 1 fully saturated rings. The highest BCUT2D eigenvalue weighted by atomic mass is 79.9. The Kier molecular flexibility index (Phi) is 4.64. The van der Waals surface area contributed by atoms with Crippen molar-refractivity contribution in [1.29, 1.82) is 0 Å². The molecule has 0 saturated heterocycles. The predicted octanol–water partition coefficient (Wildman–Crippen LogP) is 2.70.